The fraction of sp³-hybridized carbons (Fsp3) is 0.429. The summed E-state index contributed by atoms with van der Waals surface area (Å²) >= 11 is 0. The number of amides is 1. The lowest BCUT2D eigenvalue weighted by Gasteiger charge is -2.14. The first-order chi connectivity index (χ1) is 9.45. The maximum absolute atomic E-state index is 12.3. The number of aliphatic hydroxyl groups is 1. The molecule has 0 aliphatic heterocycles. The number of hydrogen-bond acceptors (Lipinski definition) is 3. The Labute approximate surface area is 118 Å². The monoisotopic (exact) mass is 276 g/mol. The molecular formula is C14H20N4O2. The van der Waals surface area contributed by atoms with E-state index >= 15 is 0 Å². The molecule has 2 aromatic rings. The Morgan fingerprint density at radius 1 is 1.40 bits per heavy atom. The second-order valence-electron chi connectivity index (χ2n) is 5.01. The van der Waals surface area contributed by atoms with Gasteiger partial charge in [-0.15, -0.1) is 0 Å². The van der Waals surface area contributed by atoms with Gasteiger partial charge in [0.1, 0.15) is 11.4 Å². The van der Waals surface area contributed by atoms with Crippen molar-refractivity contribution in [3.8, 4) is 5.82 Å². The first kappa shape index (κ1) is 14.3. The van der Waals surface area contributed by atoms with Crippen LogP contribution in [0.5, 0.6) is 0 Å². The summed E-state index contributed by atoms with van der Waals surface area (Å²) in [6, 6.07) is 3.71. The van der Waals surface area contributed by atoms with Gasteiger partial charge in [0.25, 0.3) is 5.91 Å². The van der Waals surface area contributed by atoms with Crippen molar-refractivity contribution >= 4 is 5.91 Å². The number of aryl methyl sites for hydroxylation is 3. The Kier molecular flexibility index (Phi) is 3.94. The van der Waals surface area contributed by atoms with E-state index in [0.29, 0.717) is 5.56 Å². The Morgan fingerprint density at radius 2 is 2.00 bits per heavy atom. The third-order valence-electron chi connectivity index (χ3n) is 3.29. The van der Waals surface area contributed by atoms with Crippen LogP contribution < -0.4 is 5.32 Å². The van der Waals surface area contributed by atoms with Crippen LogP contribution in [0.15, 0.2) is 18.3 Å². The van der Waals surface area contributed by atoms with Gasteiger partial charge in [-0.25, -0.2) is 0 Å². The molecule has 2 aromatic heterocycles. The lowest BCUT2D eigenvalue weighted by Crippen LogP contribution is -2.35. The molecule has 2 heterocycles. The van der Waals surface area contributed by atoms with Gasteiger partial charge < -0.3 is 15.0 Å². The zero-order valence-corrected chi connectivity index (χ0v) is 12.2. The summed E-state index contributed by atoms with van der Waals surface area (Å²) < 4.78 is 3.67. The number of carbonyl (C=O) groups excluding carboxylic acids is 1. The van der Waals surface area contributed by atoms with Crippen LogP contribution in [0.3, 0.4) is 0 Å². The van der Waals surface area contributed by atoms with Crippen molar-refractivity contribution in [3.05, 3.63) is 35.3 Å². The highest BCUT2D eigenvalue weighted by Gasteiger charge is 2.20. The molecule has 2 rings (SSSR count). The van der Waals surface area contributed by atoms with E-state index in [0.717, 1.165) is 17.2 Å². The van der Waals surface area contributed by atoms with Gasteiger partial charge in [-0.1, -0.05) is 0 Å². The molecule has 0 saturated carbocycles. The first-order valence-corrected chi connectivity index (χ1v) is 6.54. The standard InChI is InChI=1S/C14H20N4O2/c1-9(8-19)16-13(20)12-7-15-17(4)14(12)18-10(2)5-6-11(18)3/h5-7,9,19H,8H2,1-4H3,(H,16,20). The molecule has 6 heteroatoms. The summed E-state index contributed by atoms with van der Waals surface area (Å²) in [4.78, 5) is 12.3. The Balaban J connectivity index is 2.45. The minimum Gasteiger partial charge on any atom is -0.394 e. The van der Waals surface area contributed by atoms with Crippen LogP contribution in [-0.2, 0) is 7.05 Å². The molecule has 0 fully saturated rings. The van der Waals surface area contributed by atoms with E-state index in [1.54, 1.807) is 24.9 Å². The van der Waals surface area contributed by atoms with Gasteiger partial charge in [-0.05, 0) is 32.9 Å². The van der Waals surface area contributed by atoms with Gasteiger partial charge in [0, 0.05) is 24.5 Å². The minimum atomic E-state index is -0.289. The predicted molar refractivity (Wildman–Crippen MR) is 76.0 cm³/mol. The summed E-state index contributed by atoms with van der Waals surface area (Å²) in [7, 11) is 1.81. The van der Waals surface area contributed by atoms with Crippen molar-refractivity contribution in [2.45, 2.75) is 26.8 Å². The number of aromatic nitrogens is 3. The van der Waals surface area contributed by atoms with Crippen molar-refractivity contribution in [1.29, 1.82) is 0 Å². The van der Waals surface area contributed by atoms with Crippen LogP contribution in [-0.4, -0.2) is 38.0 Å². The zero-order chi connectivity index (χ0) is 14.9. The van der Waals surface area contributed by atoms with Gasteiger partial charge in [0.15, 0.2) is 0 Å². The number of aliphatic hydroxyl groups excluding tert-OH is 1. The minimum absolute atomic E-state index is 0.0943. The van der Waals surface area contributed by atoms with Gasteiger partial charge in [0.2, 0.25) is 0 Å². The average Bonchev–Trinajstić information content (AvgIpc) is 2.93. The molecule has 0 saturated heterocycles. The fourth-order valence-corrected chi connectivity index (χ4v) is 2.21. The Bertz CT molecular complexity index is 608. The third kappa shape index (κ3) is 2.46. The normalized spacial score (nSPS) is 12.4. The highest BCUT2D eigenvalue weighted by atomic mass is 16.3. The topological polar surface area (TPSA) is 72.1 Å². The van der Waals surface area contributed by atoms with Crippen LogP contribution in [0.1, 0.15) is 28.7 Å². The maximum Gasteiger partial charge on any atom is 0.256 e. The van der Waals surface area contributed by atoms with Crippen molar-refractivity contribution in [1.82, 2.24) is 19.7 Å². The first-order valence-electron chi connectivity index (χ1n) is 6.54. The van der Waals surface area contributed by atoms with E-state index in [1.165, 1.54) is 0 Å². The SMILES string of the molecule is Cc1ccc(C)n1-c1c(C(=O)NC(C)CO)cnn1C. The highest BCUT2D eigenvalue weighted by Crippen LogP contribution is 2.19. The molecule has 0 aliphatic rings. The number of carbonyl (C=O) groups is 1. The molecule has 20 heavy (non-hydrogen) atoms. The highest BCUT2D eigenvalue weighted by molar-refractivity contribution is 5.97. The smallest absolute Gasteiger partial charge is 0.256 e. The molecule has 1 amide bonds. The van der Waals surface area contributed by atoms with E-state index < -0.39 is 0 Å². The number of nitrogens with zero attached hydrogens (tertiary/aromatic N) is 3. The van der Waals surface area contributed by atoms with E-state index in [4.69, 9.17) is 5.11 Å². The van der Waals surface area contributed by atoms with Crippen LogP contribution in [0.2, 0.25) is 0 Å². The van der Waals surface area contributed by atoms with Crippen LogP contribution in [0.4, 0.5) is 0 Å². The van der Waals surface area contributed by atoms with Crippen molar-refractivity contribution in [2.75, 3.05) is 6.61 Å². The van der Waals surface area contributed by atoms with Crippen LogP contribution >= 0.6 is 0 Å². The lowest BCUT2D eigenvalue weighted by atomic mass is 10.2. The van der Waals surface area contributed by atoms with Gasteiger partial charge in [-0.2, -0.15) is 5.10 Å². The number of rotatable bonds is 4. The van der Waals surface area contributed by atoms with E-state index in [-0.39, 0.29) is 18.6 Å². The molecule has 1 unspecified atom stereocenters. The molecule has 0 radical (unpaired) electrons. The second-order valence-corrected chi connectivity index (χ2v) is 5.01. The summed E-state index contributed by atoms with van der Waals surface area (Å²) in [6.07, 6.45) is 1.55. The van der Waals surface area contributed by atoms with Gasteiger partial charge in [-0.3, -0.25) is 9.48 Å². The lowest BCUT2D eigenvalue weighted by molar-refractivity contribution is 0.0922. The predicted octanol–water partition coefficient (Wildman–Crippen LogP) is 0.938. The Hall–Kier alpha value is -2.08. The summed E-state index contributed by atoms with van der Waals surface area (Å²) in [5.74, 6) is 0.495. The summed E-state index contributed by atoms with van der Waals surface area (Å²) in [5.41, 5.74) is 2.57. The fourth-order valence-electron chi connectivity index (χ4n) is 2.21. The number of hydrogen-bond donors (Lipinski definition) is 2. The molecule has 2 N–H and O–H groups in total. The molecule has 0 aliphatic carbocycles. The van der Waals surface area contributed by atoms with Crippen LogP contribution in [0, 0.1) is 13.8 Å². The zero-order valence-electron chi connectivity index (χ0n) is 12.2. The Morgan fingerprint density at radius 3 is 2.55 bits per heavy atom. The van der Waals surface area contributed by atoms with Gasteiger partial charge >= 0.3 is 0 Å². The maximum atomic E-state index is 12.3. The number of nitrogens with one attached hydrogen (secondary N) is 1. The van der Waals surface area contributed by atoms with Crippen molar-refractivity contribution < 1.29 is 9.90 Å². The molecule has 0 spiro atoms. The molecule has 1 atom stereocenters. The third-order valence-corrected chi connectivity index (χ3v) is 3.29. The molecule has 0 bridgehead atoms. The van der Waals surface area contributed by atoms with E-state index in [1.807, 2.05) is 30.5 Å². The van der Waals surface area contributed by atoms with Crippen molar-refractivity contribution in [3.63, 3.8) is 0 Å². The van der Waals surface area contributed by atoms with Crippen LogP contribution in [0.25, 0.3) is 5.82 Å². The summed E-state index contributed by atoms with van der Waals surface area (Å²) in [5, 5.41) is 16.0. The molecule has 6 nitrogen and oxygen atoms in total. The van der Waals surface area contributed by atoms with E-state index in [9.17, 15) is 4.79 Å². The van der Waals surface area contributed by atoms with Crippen molar-refractivity contribution in [2.24, 2.45) is 7.05 Å². The second kappa shape index (κ2) is 5.50. The largest absolute Gasteiger partial charge is 0.394 e. The quantitative estimate of drug-likeness (QED) is 0.873. The van der Waals surface area contributed by atoms with Gasteiger partial charge in [0.05, 0.1) is 12.8 Å². The molecular weight excluding hydrogens is 256 g/mol. The van der Waals surface area contributed by atoms with E-state index in [2.05, 4.69) is 10.4 Å². The average molecular weight is 276 g/mol. The molecule has 0 aromatic carbocycles. The summed E-state index contributed by atoms with van der Waals surface area (Å²) in [6.45, 7) is 5.62. The molecule has 108 valence electrons.